The molecule has 94 valence electrons. The summed E-state index contributed by atoms with van der Waals surface area (Å²) in [6, 6.07) is 5.74. The van der Waals surface area contributed by atoms with Crippen LogP contribution in [0.1, 0.15) is 19.8 Å². The highest BCUT2D eigenvalue weighted by molar-refractivity contribution is 9.10. The Balaban J connectivity index is 1.88. The minimum Gasteiger partial charge on any atom is -0.497 e. The minimum absolute atomic E-state index is 0.274. The third-order valence-electron chi connectivity index (χ3n) is 2.89. The molecule has 0 N–H and O–H groups in total. The van der Waals surface area contributed by atoms with Crippen LogP contribution in [0.25, 0.3) is 0 Å². The summed E-state index contributed by atoms with van der Waals surface area (Å²) in [5.74, 6) is 1.69. The van der Waals surface area contributed by atoms with E-state index in [1.165, 1.54) is 0 Å². The molecule has 0 bridgehead atoms. The first-order chi connectivity index (χ1) is 8.22. The number of hydrogen-bond acceptors (Lipinski definition) is 3. The van der Waals surface area contributed by atoms with Gasteiger partial charge in [-0.3, -0.25) is 0 Å². The Hall–Kier alpha value is -0.740. The van der Waals surface area contributed by atoms with Crippen molar-refractivity contribution in [3.05, 3.63) is 22.7 Å². The molecule has 0 heterocycles. The van der Waals surface area contributed by atoms with Crippen LogP contribution in [0.4, 0.5) is 0 Å². The highest BCUT2D eigenvalue weighted by atomic mass is 79.9. The summed E-state index contributed by atoms with van der Waals surface area (Å²) >= 11 is 3.48. The van der Waals surface area contributed by atoms with Crippen molar-refractivity contribution in [2.24, 2.45) is 0 Å². The smallest absolute Gasteiger partial charge is 0.134 e. The molecule has 1 saturated carbocycles. The van der Waals surface area contributed by atoms with E-state index >= 15 is 0 Å². The molecule has 0 atom stereocenters. The third kappa shape index (κ3) is 3.13. The maximum absolute atomic E-state index is 5.87. The average Bonchev–Trinajstić information content (AvgIpc) is 2.28. The molecule has 1 aromatic carbocycles. The van der Waals surface area contributed by atoms with Gasteiger partial charge in [0.25, 0.3) is 0 Å². The van der Waals surface area contributed by atoms with Crippen LogP contribution in [-0.4, -0.2) is 25.9 Å². The second-order valence-corrected chi connectivity index (χ2v) is 4.94. The summed E-state index contributed by atoms with van der Waals surface area (Å²) in [6.45, 7) is 2.80. The second-order valence-electron chi connectivity index (χ2n) is 4.08. The fraction of sp³-hybridized carbons (Fsp3) is 0.538. The SMILES string of the molecule is CCOC1CC(Oc2ccc(OC)cc2Br)C1. The lowest BCUT2D eigenvalue weighted by Crippen LogP contribution is -2.39. The molecular formula is C13H17BrO3. The largest absolute Gasteiger partial charge is 0.497 e. The van der Waals surface area contributed by atoms with Gasteiger partial charge in [0.2, 0.25) is 0 Å². The quantitative estimate of drug-likeness (QED) is 0.834. The second kappa shape index (κ2) is 5.74. The normalized spacial score (nSPS) is 23.0. The van der Waals surface area contributed by atoms with Crippen LogP contribution in [0.15, 0.2) is 22.7 Å². The first kappa shape index (κ1) is 12.7. The van der Waals surface area contributed by atoms with Crippen molar-refractivity contribution >= 4 is 15.9 Å². The van der Waals surface area contributed by atoms with Crippen LogP contribution >= 0.6 is 15.9 Å². The molecule has 1 aliphatic carbocycles. The maximum atomic E-state index is 5.87. The molecule has 3 nitrogen and oxygen atoms in total. The molecule has 1 aromatic rings. The van der Waals surface area contributed by atoms with Gasteiger partial charge in [0.05, 0.1) is 17.7 Å². The van der Waals surface area contributed by atoms with Crippen LogP contribution in [0.2, 0.25) is 0 Å². The Morgan fingerprint density at radius 1 is 1.29 bits per heavy atom. The Bertz CT molecular complexity index is 375. The standard InChI is InChI=1S/C13H17BrO3/c1-3-16-10-6-11(7-10)17-13-5-4-9(15-2)8-12(13)14/h4-5,8,10-11H,3,6-7H2,1-2H3. The average molecular weight is 301 g/mol. The molecule has 0 aliphatic heterocycles. The first-order valence-corrected chi connectivity index (χ1v) is 6.64. The van der Waals surface area contributed by atoms with Crippen molar-refractivity contribution in [3.8, 4) is 11.5 Å². The summed E-state index contributed by atoms with van der Waals surface area (Å²) in [5.41, 5.74) is 0. The molecular weight excluding hydrogens is 284 g/mol. The molecule has 1 fully saturated rings. The van der Waals surface area contributed by atoms with Gasteiger partial charge in [-0.05, 0) is 41.1 Å². The van der Waals surface area contributed by atoms with Gasteiger partial charge >= 0.3 is 0 Å². The van der Waals surface area contributed by atoms with Gasteiger partial charge in [0.15, 0.2) is 0 Å². The van der Waals surface area contributed by atoms with Gasteiger partial charge in [0, 0.05) is 19.4 Å². The third-order valence-corrected chi connectivity index (χ3v) is 3.51. The van der Waals surface area contributed by atoms with Gasteiger partial charge in [-0.25, -0.2) is 0 Å². The van der Waals surface area contributed by atoms with Crippen LogP contribution in [-0.2, 0) is 4.74 Å². The van der Waals surface area contributed by atoms with Crippen molar-refractivity contribution in [2.45, 2.75) is 32.0 Å². The van der Waals surface area contributed by atoms with E-state index in [1.54, 1.807) is 7.11 Å². The zero-order valence-corrected chi connectivity index (χ0v) is 11.7. The van der Waals surface area contributed by atoms with Gasteiger partial charge in [-0.15, -0.1) is 0 Å². The van der Waals surface area contributed by atoms with E-state index in [9.17, 15) is 0 Å². The van der Waals surface area contributed by atoms with Crippen molar-refractivity contribution in [3.63, 3.8) is 0 Å². The number of benzene rings is 1. The number of ether oxygens (including phenoxy) is 3. The Kier molecular flexibility index (Phi) is 4.29. The zero-order valence-electron chi connectivity index (χ0n) is 10.1. The summed E-state index contributed by atoms with van der Waals surface area (Å²) in [7, 11) is 1.65. The van der Waals surface area contributed by atoms with Crippen molar-refractivity contribution in [1.29, 1.82) is 0 Å². The van der Waals surface area contributed by atoms with Gasteiger partial charge in [0.1, 0.15) is 17.6 Å². The highest BCUT2D eigenvalue weighted by Gasteiger charge is 2.31. The van der Waals surface area contributed by atoms with E-state index in [2.05, 4.69) is 15.9 Å². The van der Waals surface area contributed by atoms with E-state index in [1.807, 2.05) is 25.1 Å². The molecule has 2 rings (SSSR count). The summed E-state index contributed by atoms with van der Waals surface area (Å²) < 4.78 is 17.4. The molecule has 0 unspecified atom stereocenters. The van der Waals surface area contributed by atoms with E-state index < -0.39 is 0 Å². The fourth-order valence-corrected chi connectivity index (χ4v) is 2.32. The van der Waals surface area contributed by atoms with E-state index in [0.717, 1.165) is 35.4 Å². The van der Waals surface area contributed by atoms with Crippen LogP contribution in [0.5, 0.6) is 11.5 Å². The molecule has 0 saturated heterocycles. The Morgan fingerprint density at radius 2 is 2.06 bits per heavy atom. The molecule has 1 aliphatic rings. The monoisotopic (exact) mass is 300 g/mol. The van der Waals surface area contributed by atoms with Gasteiger partial charge in [-0.1, -0.05) is 0 Å². The summed E-state index contributed by atoms with van der Waals surface area (Å²) in [6.07, 6.45) is 2.61. The first-order valence-electron chi connectivity index (χ1n) is 5.84. The van der Waals surface area contributed by atoms with Gasteiger partial charge < -0.3 is 14.2 Å². The maximum Gasteiger partial charge on any atom is 0.134 e. The fourth-order valence-electron chi connectivity index (χ4n) is 1.87. The van der Waals surface area contributed by atoms with Gasteiger partial charge in [-0.2, -0.15) is 0 Å². The van der Waals surface area contributed by atoms with E-state index in [-0.39, 0.29) is 6.10 Å². The lowest BCUT2D eigenvalue weighted by molar-refractivity contribution is -0.0565. The number of halogens is 1. The highest BCUT2D eigenvalue weighted by Crippen LogP contribution is 2.34. The Labute approximate surface area is 110 Å². The van der Waals surface area contributed by atoms with Crippen LogP contribution in [0.3, 0.4) is 0 Å². The molecule has 17 heavy (non-hydrogen) atoms. The molecule has 0 aromatic heterocycles. The zero-order chi connectivity index (χ0) is 12.3. The van der Waals surface area contributed by atoms with Crippen molar-refractivity contribution in [1.82, 2.24) is 0 Å². The van der Waals surface area contributed by atoms with E-state index in [4.69, 9.17) is 14.2 Å². The lowest BCUT2D eigenvalue weighted by Gasteiger charge is -2.35. The predicted octanol–water partition coefficient (Wildman–Crippen LogP) is 3.40. The lowest BCUT2D eigenvalue weighted by atomic mass is 9.92. The topological polar surface area (TPSA) is 27.7 Å². The molecule has 0 radical (unpaired) electrons. The molecule has 0 spiro atoms. The number of methoxy groups -OCH3 is 1. The van der Waals surface area contributed by atoms with Crippen LogP contribution in [0, 0.1) is 0 Å². The van der Waals surface area contributed by atoms with Crippen molar-refractivity contribution < 1.29 is 14.2 Å². The minimum atomic E-state index is 0.274. The predicted molar refractivity (Wildman–Crippen MR) is 69.8 cm³/mol. The molecule has 4 heteroatoms. The summed E-state index contributed by atoms with van der Waals surface area (Å²) in [4.78, 5) is 0. The summed E-state index contributed by atoms with van der Waals surface area (Å²) in [5, 5.41) is 0. The van der Waals surface area contributed by atoms with Crippen molar-refractivity contribution in [2.75, 3.05) is 13.7 Å². The Morgan fingerprint density at radius 3 is 2.65 bits per heavy atom. The van der Waals surface area contributed by atoms with E-state index in [0.29, 0.717) is 6.10 Å². The molecule has 0 amide bonds. The number of rotatable bonds is 5. The number of hydrogen-bond donors (Lipinski definition) is 0. The van der Waals surface area contributed by atoms with Crippen LogP contribution < -0.4 is 9.47 Å².